The molecule has 1 amide bonds. The fourth-order valence-corrected chi connectivity index (χ4v) is 1.78. The van der Waals surface area contributed by atoms with Gasteiger partial charge in [-0.05, 0) is 12.0 Å². The van der Waals surface area contributed by atoms with Crippen LogP contribution in [0.3, 0.4) is 0 Å². The van der Waals surface area contributed by atoms with Crippen molar-refractivity contribution in [3.63, 3.8) is 0 Å². The Balaban J connectivity index is 1.55. The van der Waals surface area contributed by atoms with Gasteiger partial charge in [0.2, 0.25) is 11.7 Å². The lowest BCUT2D eigenvalue weighted by molar-refractivity contribution is -0.116. The molecule has 0 atom stereocenters. The predicted molar refractivity (Wildman–Crippen MR) is 73.2 cm³/mol. The second-order valence-corrected chi connectivity index (χ2v) is 4.32. The standard InChI is InChI=1S/C14H12N4O3/c19-12(7-6-10-4-2-1-3-5-10)16-14-18-17-13(20-14)11-8-9-15-21-11/h1-5,8-9H,6-7H2,(H,16,18,19). The molecular formula is C14H12N4O3. The SMILES string of the molecule is O=C(CCc1ccccc1)Nc1nnc(-c2ccno2)o1. The van der Waals surface area contributed by atoms with Gasteiger partial charge in [-0.3, -0.25) is 10.1 Å². The normalized spacial score (nSPS) is 10.5. The first kappa shape index (κ1) is 13.0. The van der Waals surface area contributed by atoms with Crippen molar-refractivity contribution in [2.75, 3.05) is 5.32 Å². The Morgan fingerprint density at radius 3 is 2.76 bits per heavy atom. The Bertz CT molecular complexity index is 707. The number of hydrogen-bond donors (Lipinski definition) is 1. The number of aromatic nitrogens is 3. The van der Waals surface area contributed by atoms with Gasteiger partial charge in [0, 0.05) is 12.5 Å². The molecule has 0 aliphatic rings. The molecule has 0 fully saturated rings. The molecule has 106 valence electrons. The molecule has 0 bridgehead atoms. The Morgan fingerprint density at radius 2 is 2.00 bits per heavy atom. The highest BCUT2D eigenvalue weighted by Crippen LogP contribution is 2.18. The van der Waals surface area contributed by atoms with Crippen LogP contribution < -0.4 is 5.32 Å². The van der Waals surface area contributed by atoms with Crippen molar-refractivity contribution in [2.45, 2.75) is 12.8 Å². The predicted octanol–water partition coefficient (Wildman–Crippen LogP) is 2.30. The molecule has 2 heterocycles. The molecule has 0 aliphatic heterocycles. The van der Waals surface area contributed by atoms with E-state index in [-0.39, 0.29) is 17.8 Å². The van der Waals surface area contributed by atoms with Crippen molar-refractivity contribution in [1.82, 2.24) is 15.4 Å². The average Bonchev–Trinajstić information content (AvgIpc) is 3.17. The van der Waals surface area contributed by atoms with Crippen LogP contribution in [0.4, 0.5) is 6.01 Å². The maximum absolute atomic E-state index is 11.8. The van der Waals surface area contributed by atoms with Gasteiger partial charge in [-0.15, -0.1) is 5.10 Å². The molecular weight excluding hydrogens is 272 g/mol. The molecule has 1 N–H and O–H groups in total. The zero-order valence-electron chi connectivity index (χ0n) is 11.0. The number of carbonyl (C=O) groups excluding carboxylic acids is 1. The van der Waals surface area contributed by atoms with Crippen LogP contribution in [-0.4, -0.2) is 21.3 Å². The highest BCUT2D eigenvalue weighted by molar-refractivity contribution is 5.88. The fraction of sp³-hybridized carbons (Fsp3) is 0.143. The summed E-state index contributed by atoms with van der Waals surface area (Å²) in [5.41, 5.74) is 1.10. The van der Waals surface area contributed by atoms with Crippen LogP contribution in [0.25, 0.3) is 11.7 Å². The number of nitrogens with zero attached hydrogens (tertiary/aromatic N) is 3. The van der Waals surface area contributed by atoms with Gasteiger partial charge in [0.05, 0.1) is 6.20 Å². The second kappa shape index (κ2) is 6.00. The highest BCUT2D eigenvalue weighted by atomic mass is 16.5. The van der Waals surface area contributed by atoms with Crippen LogP contribution in [-0.2, 0) is 11.2 Å². The van der Waals surface area contributed by atoms with Crippen LogP contribution in [0.15, 0.2) is 51.5 Å². The van der Waals surface area contributed by atoms with Crippen molar-refractivity contribution >= 4 is 11.9 Å². The van der Waals surface area contributed by atoms with Gasteiger partial charge in [-0.2, -0.15) is 0 Å². The van der Waals surface area contributed by atoms with Crippen LogP contribution in [0, 0.1) is 0 Å². The van der Waals surface area contributed by atoms with E-state index in [9.17, 15) is 4.79 Å². The van der Waals surface area contributed by atoms with E-state index >= 15 is 0 Å². The van der Waals surface area contributed by atoms with E-state index in [0.717, 1.165) is 5.56 Å². The molecule has 0 saturated heterocycles. The molecule has 7 heteroatoms. The molecule has 3 aromatic rings. The number of rotatable bonds is 5. The Hall–Kier alpha value is -2.96. The molecule has 0 aliphatic carbocycles. The van der Waals surface area contributed by atoms with E-state index in [2.05, 4.69) is 20.7 Å². The minimum Gasteiger partial charge on any atom is -0.400 e. The Kier molecular flexibility index (Phi) is 3.72. The van der Waals surface area contributed by atoms with Gasteiger partial charge in [-0.25, -0.2) is 0 Å². The van der Waals surface area contributed by atoms with Gasteiger partial charge in [0.1, 0.15) is 0 Å². The zero-order chi connectivity index (χ0) is 14.5. The van der Waals surface area contributed by atoms with E-state index < -0.39 is 0 Å². The van der Waals surface area contributed by atoms with E-state index in [0.29, 0.717) is 18.6 Å². The van der Waals surface area contributed by atoms with Gasteiger partial charge in [0.25, 0.3) is 5.89 Å². The van der Waals surface area contributed by atoms with Crippen molar-refractivity contribution in [2.24, 2.45) is 0 Å². The summed E-state index contributed by atoms with van der Waals surface area (Å²) in [5, 5.41) is 13.6. The first-order chi connectivity index (χ1) is 10.3. The summed E-state index contributed by atoms with van der Waals surface area (Å²) in [4.78, 5) is 11.8. The van der Waals surface area contributed by atoms with Gasteiger partial charge < -0.3 is 8.94 Å². The third kappa shape index (κ3) is 3.33. The molecule has 1 aromatic carbocycles. The maximum atomic E-state index is 11.8. The topological polar surface area (TPSA) is 94.1 Å². The summed E-state index contributed by atoms with van der Waals surface area (Å²) in [6.45, 7) is 0. The number of carbonyl (C=O) groups is 1. The molecule has 0 saturated carbocycles. The van der Waals surface area contributed by atoms with Crippen LogP contribution in [0.5, 0.6) is 0 Å². The zero-order valence-corrected chi connectivity index (χ0v) is 11.0. The highest BCUT2D eigenvalue weighted by Gasteiger charge is 2.13. The molecule has 3 rings (SSSR count). The van der Waals surface area contributed by atoms with Gasteiger partial charge in [0.15, 0.2) is 0 Å². The number of aryl methyl sites for hydroxylation is 1. The van der Waals surface area contributed by atoms with Crippen LogP contribution in [0.2, 0.25) is 0 Å². The minimum atomic E-state index is -0.188. The maximum Gasteiger partial charge on any atom is 0.322 e. The first-order valence-electron chi connectivity index (χ1n) is 6.39. The second-order valence-electron chi connectivity index (χ2n) is 4.32. The molecule has 21 heavy (non-hydrogen) atoms. The van der Waals surface area contributed by atoms with Crippen molar-refractivity contribution in [3.05, 3.63) is 48.2 Å². The lowest BCUT2D eigenvalue weighted by Crippen LogP contribution is -2.12. The lowest BCUT2D eigenvalue weighted by Gasteiger charge is -2.00. The first-order valence-corrected chi connectivity index (χ1v) is 6.39. The molecule has 0 spiro atoms. The minimum absolute atomic E-state index is 0.0412. The van der Waals surface area contributed by atoms with Crippen LogP contribution in [0.1, 0.15) is 12.0 Å². The average molecular weight is 284 g/mol. The smallest absolute Gasteiger partial charge is 0.322 e. The van der Waals surface area contributed by atoms with Gasteiger partial charge >= 0.3 is 6.01 Å². The number of nitrogens with one attached hydrogen (secondary N) is 1. The molecule has 2 aromatic heterocycles. The third-order valence-corrected chi connectivity index (χ3v) is 2.80. The van der Waals surface area contributed by atoms with E-state index in [1.807, 2.05) is 30.3 Å². The fourth-order valence-electron chi connectivity index (χ4n) is 1.78. The number of hydrogen-bond acceptors (Lipinski definition) is 6. The van der Waals surface area contributed by atoms with Gasteiger partial charge in [-0.1, -0.05) is 40.6 Å². The lowest BCUT2D eigenvalue weighted by atomic mass is 10.1. The van der Waals surface area contributed by atoms with E-state index in [1.54, 1.807) is 6.07 Å². The molecule has 7 nitrogen and oxygen atoms in total. The molecule has 0 unspecified atom stereocenters. The Morgan fingerprint density at radius 1 is 1.14 bits per heavy atom. The quantitative estimate of drug-likeness (QED) is 0.772. The number of amides is 1. The summed E-state index contributed by atoms with van der Waals surface area (Å²) >= 11 is 0. The molecule has 0 radical (unpaired) electrons. The van der Waals surface area contributed by atoms with E-state index in [4.69, 9.17) is 8.94 Å². The summed E-state index contributed by atoms with van der Waals surface area (Å²) in [6, 6.07) is 11.4. The number of benzene rings is 1. The summed E-state index contributed by atoms with van der Waals surface area (Å²) in [7, 11) is 0. The van der Waals surface area contributed by atoms with Crippen LogP contribution >= 0.6 is 0 Å². The monoisotopic (exact) mass is 284 g/mol. The summed E-state index contributed by atoms with van der Waals surface area (Å²) in [5.74, 6) is 0.338. The Labute approximate surface area is 120 Å². The van der Waals surface area contributed by atoms with Crippen molar-refractivity contribution < 1.29 is 13.7 Å². The third-order valence-electron chi connectivity index (χ3n) is 2.80. The summed E-state index contributed by atoms with van der Waals surface area (Å²) in [6.07, 6.45) is 2.46. The van der Waals surface area contributed by atoms with E-state index in [1.165, 1.54) is 6.20 Å². The summed E-state index contributed by atoms with van der Waals surface area (Å²) < 4.78 is 10.1. The largest absolute Gasteiger partial charge is 0.400 e. The van der Waals surface area contributed by atoms with Crippen molar-refractivity contribution in [1.29, 1.82) is 0 Å². The number of anilines is 1. The van der Waals surface area contributed by atoms with Crippen molar-refractivity contribution in [3.8, 4) is 11.7 Å².